The van der Waals surface area contributed by atoms with Gasteiger partial charge in [0, 0.05) is 0 Å². The van der Waals surface area contributed by atoms with Gasteiger partial charge in [0.05, 0.1) is 0 Å². The predicted octanol–water partition coefficient (Wildman–Crippen LogP) is 0.629. The second-order valence-electron chi connectivity index (χ2n) is 2.53. The molecule has 0 bridgehead atoms. The Bertz CT molecular complexity index is 197. The van der Waals surface area contributed by atoms with E-state index in [9.17, 15) is 9.59 Å². The minimum atomic E-state index is -1.12. The number of aliphatic carboxylic acids is 1. The van der Waals surface area contributed by atoms with Gasteiger partial charge in [-0.1, -0.05) is 0 Å². The summed E-state index contributed by atoms with van der Waals surface area (Å²) in [5.41, 5.74) is -0.109. The third-order valence-electron chi connectivity index (χ3n) is 1.57. The lowest BCUT2D eigenvalue weighted by molar-refractivity contribution is -0.132. The zero-order valence-corrected chi connectivity index (χ0v) is 5.46. The van der Waals surface area contributed by atoms with Crippen molar-refractivity contribution in [3.05, 3.63) is 5.57 Å². The molecule has 1 aliphatic rings. The lowest BCUT2D eigenvalue weighted by atomic mass is 10.1. The summed E-state index contributed by atoms with van der Waals surface area (Å²) in [7, 11) is 0. The van der Waals surface area contributed by atoms with Crippen molar-refractivity contribution in [2.45, 2.75) is 19.3 Å². The van der Waals surface area contributed by atoms with E-state index < -0.39 is 5.97 Å². The first-order chi connectivity index (χ1) is 4.74. The normalized spacial score (nSPS) is 16.0. The average Bonchev–Trinajstić information content (AvgIpc) is 2.64. The van der Waals surface area contributed by atoms with Crippen LogP contribution in [0.15, 0.2) is 5.57 Å². The van der Waals surface area contributed by atoms with Gasteiger partial charge in [-0.25, -0.2) is 9.59 Å². The molecule has 0 radical (unpaired) electrons. The van der Waals surface area contributed by atoms with Crippen molar-refractivity contribution in [1.82, 2.24) is 0 Å². The number of carbonyl (C=O) groups excluding carboxylic acids is 1. The van der Waals surface area contributed by atoms with Crippen LogP contribution in [-0.4, -0.2) is 17.0 Å². The largest absolute Gasteiger partial charge is 0.477 e. The average molecular weight is 140 g/mol. The van der Waals surface area contributed by atoms with Gasteiger partial charge in [0.25, 0.3) is 0 Å². The SMILES string of the molecule is O=C=C(CC1CC1)C(=O)O. The molecule has 0 aromatic rings. The molecule has 3 nitrogen and oxygen atoms in total. The number of rotatable bonds is 3. The van der Waals surface area contributed by atoms with E-state index >= 15 is 0 Å². The zero-order chi connectivity index (χ0) is 7.56. The van der Waals surface area contributed by atoms with E-state index in [1.807, 2.05) is 0 Å². The Balaban J connectivity index is 2.48. The Labute approximate surface area is 58.4 Å². The molecule has 1 rings (SSSR count). The molecule has 0 aromatic heterocycles. The fourth-order valence-corrected chi connectivity index (χ4v) is 0.783. The van der Waals surface area contributed by atoms with Crippen LogP contribution in [0, 0.1) is 5.92 Å². The van der Waals surface area contributed by atoms with Crippen molar-refractivity contribution in [3.63, 3.8) is 0 Å². The van der Waals surface area contributed by atoms with Crippen LogP contribution in [0.5, 0.6) is 0 Å². The molecular weight excluding hydrogens is 132 g/mol. The first-order valence-corrected chi connectivity index (χ1v) is 3.21. The van der Waals surface area contributed by atoms with Gasteiger partial charge >= 0.3 is 5.97 Å². The Hall–Kier alpha value is -1.08. The number of carbonyl (C=O) groups is 1. The van der Waals surface area contributed by atoms with Gasteiger partial charge in [0.15, 0.2) is 0 Å². The standard InChI is InChI=1S/C7H8O3/c8-4-6(7(9)10)3-5-1-2-5/h5H,1-3H2,(H,9,10). The van der Waals surface area contributed by atoms with Crippen molar-refractivity contribution >= 4 is 11.9 Å². The molecule has 10 heavy (non-hydrogen) atoms. The van der Waals surface area contributed by atoms with E-state index in [4.69, 9.17) is 5.11 Å². The summed E-state index contributed by atoms with van der Waals surface area (Å²) in [6, 6.07) is 0. The van der Waals surface area contributed by atoms with Crippen LogP contribution in [0.2, 0.25) is 0 Å². The summed E-state index contributed by atoms with van der Waals surface area (Å²) in [6.07, 6.45) is 2.51. The van der Waals surface area contributed by atoms with Gasteiger partial charge in [-0.15, -0.1) is 0 Å². The van der Waals surface area contributed by atoms with Gasteiger partial charge in [-0.2, -0.15) is 0 Å². The van der Waals surface area contributed by atoms with E-state index in [2.05, 4.69) is 0 Å². The topological polar surface area (TPSA) is 54.4 Å². The third-order valence-corrected chi connectivity index (χ3v) is 1.57. The van der Waals surface area contributed by atoms with Crippen molar-refractivity contribution in [2.75, 3.05) is 0 Å². The fourth-order valence-electron chi connectivity index (χ4n) is 0.783. The maximum absolute atomic E-state index is 10.2. The van der Waals surface area contributed by atoms with E-state index in [0.29, 0.717) is 12.3 Å². The molecule has 1 N–H and O–H groups in total. The number of hydrogen-bond donors (Lipinski definition) is 1. The molecule has 1 fully saturated rings. The van der Waals surface area contributed by atoms with Crippen LogP contribution in [-0.2, 0) is 9.59 Å². The highest BCUT2D eigenvalue weighted by Crippen LogP contribution is 2.34. The number of carboxylic acid groups (broad SMARTS) is 1. The molecule has 0 unspecified atom stereocenters. The number of hydrogen-bond acceptors (Lipinski definition) is 2. The summed E-state index contributed by atoms with van der Waals surface area (Å²) >= 11 is 0. The van der Waals surface area contributed by atoms with Gasteiger partial charge in [0.2, 0.25) is 0 Å². The molecule has 0 aromatic carbocycles. The molecule has 0 spiro atoms. The summed E-state index contributed by atoms with van der Waals surface area (Å²) in [6.45, 7) is 0. The van der Waals surface area contributed by atoms with Crippen LogP contribution in [0.25, 0.3) is 0 Å². The molecule has 0 aliphatic heterocycles. The zero-order valence-electron chi connectivity index (χ0n) is 5.46. The van der Waals surface area contributed by atoms with Gasteiger partial charge in [-0.3, -0.25) is 0 Å². The van der Waals surface area contributed by atoms with Crippen molar-refractivity contribution in [3.8, 4) is 0 Å². The first kappa shape index (κ1) is 7.03. The Morgan fingerprint density at radius 2 is 2.20 bits per heavy atom. The quantitative estimate of drug-likeness (QED) is 0.462. The molecule has 0 heterocycles. The maximum atomic E-state index is 10.2. The summed E-state index contributed by atoms with van der Waals surface area (Å²) in [5, 5.41) is 8.35. The molecule has 3 heteroatoms. The summed E-state index contributed by atoms with van der Waals surface area (Å²) in [4.78, 5) is 20.2. The van der Waals surface area contributed by atoms with E-state index in [0.717, 1.165) is 12.8 Å². The highest BCUT2D eigenvalue weighted by Gasteiger charge is 2.25. The van der Waals surface area contributed by atoms with Gasteiger partial charge in [0.1, 0.15) is 11.5 Å². The highest BCUT2D eigenvalue weighted by molar-refractivity contribution is 5.95. The second kappa shape index (κ2) is 2.67. The lowest BCUT2D eigenvalue weighted by Crippen LogP contribution is -2.01. The molecule has 0 saturated heterocycles. The Morgan fingerprint density at radius 3 is 2.50 bits per heavy atom. The molecule has 1 aliphatic carbocycles. The van der Waals surface area contributed by atoms with Crippen molar-refractivity contribution in [2.24, 2.45) is 5.92 Å². The minimum absolute atomic E-state index is 0.109. The van der Waals surface area contributed by atoms with E-state index in [1.165, 1.54) is 5.94 Å². The Morgan fingerprint density at radius 1 is 1.60 bits per heavy atom. The van der Waals surface area contributed by atoms with Gasteiger partial charge < -0.3 is 5.11 Å². The van der Waals surface area contributed by atoms with Gasteiger partial charge in [-0.05, 0) is 25.2 Å². The Kier molecular flexibility index (Phi) is 1.88. The van der Waals surface area contributed by atoms with Crippen LogP contribution < -0.4 is 0 Å². The molecule has 1 saturated carbocycles. The summed E-state index contributed by atoms with van der Waals surface area (Å²) < 4.78 is 0. The van der Waals surface area contributed by atoms with Crippen LogP contribution in [0.1, 0.15) is 19.3 Å². The number of carboxylic acids is 1. The van der Waals surface area contributed by atoms with Crippen LogP contribution in [0.3, 0.4) is 0 Å². The van der Waals surface area contributed by atoms with Crippen LogP contribution >= 0.6 is 0 Å². The molecule has 0 atom stereocenters. The molecular formula is C7H8O3. The first-order valence-electron chi connectivity index (χ1n) is 3.21. The lowest BCUT2D eigenvalue weighted by Gasteiger charge is -1.91. The van der Waals surface area contributed by atoms with Crippen molar-refractivity contribution < 1.29 is 14.7 Å². The highest BCUT2D eigenvalue weighted by atomic mass is 16.4. The second-order valence-corrected chi connectivity index (χ2v) is 2.53. The third kappa shape index (κ3) is 1.71. The summed E-state index contributed by atoms with van der Waals surface area (Å²) in [5.74, 6) is 0.754. The van der Waals surface area contributed by atoms with E-state index in [1.54, 1.807) is 0 Å². The maximum Gasteiger partial charge on any atom is 0.342 e. The fraction of sp³-hybridized carbons (Fsp3) is 0.571. The predicted molar refractivity (Wildman–Crippen MR) is 34.2 cm³/mol. The van der Waals surface area contributed by atoms with E-state index in [-0.39, 0.29) is 5.57 Å². The van der Waals surface area contributed by atoms with Crippen molar-refractivity contribution in [1.29, 1.82) is 0 Å². The smallest absolute Gasteiger partial charge is 0.342 e. The molecule has 54 valence electrons. The monoisotopic (exact) mass is 140 g/mol. The minimum Gasteiger partial charge on any atom is -0.477 e. The molecule has 0 amide bonds. The van der Waals surface area contributed by atoms with Crippen LogP contribution in [0.4, 0.5) is 0 Å².